The van der Waals surface area contributed by atoms with Crippen LogP contribution in [0.2, 0.25) is 0 Å². The van der Waals surface area contributed by atoms with E-state index >= 15 is 0 Å². The van der Waals surface area contributed by atoms with Gasteiger partial charge in [-0.3, -0.25) is 0 Å². The maximum absolute atomic E-state index is 10.4. The van der Waals surface area contributed by atoms with Crippen LogP contribution in [0.1, 0.15) is 6.92 Å². The average molecular weight is 472 g/mol. The minimum atomic E-state index is -1.76. The molecule has 0 aromatic rings. The van der Waals surface area contributed by atoms with Gasteiger partial charge in [0.25, 0.3) is 0 Å². The van der Waals surface area contributed by atoms with Crippen molar-refractivity contribution in [2.75, 3.05) is 19.8 Å². The lowest BCUT2D eigenvalue weighted by Crippen LogP contribution is -2.65. The van der Waals surface area contributed by atoms with Gasteiger partial charge in [0.1, 0.15) is 67.1 Å². The Bertz CT molecular complexity index is 594. The van der Waals surface area contributed by atoms with Gasteiger partial charge < -0.3 is 69.6 Å². The Morgan fingerprint density at radius 3 is 1.78 bits per heavy atom. The van der Waals surface area contributed by atoms with Gasteiger partial charge in [0.2, 0.25) is 0 Å². The molecule has 188 valence electrons. The fourth-order valence-corrected chi connectivity index (χ4v) is 3.95. The fraction of sp³-hybridized carbons (Fsp3) is 1.00. The molecule has 0 aliphatic carbocycles. The normalized spacial score (nSPS) is 52.7. The van der Waals surface area contributed by atoms with E-state index in [1.54, 1.807) is 0 Å². The molecule has 3 rings (SSSR count). The summed E-state index contributed by atoms with van der Waals surface area (Å²) < 4.78 is 27.4. The van der Waals surface area contributed by atoms with Crippen LogP contribution in [0.4, 0.5) is 0 Å². The van der Waals surface area contributed by atoms with Crippen LogP contribution in [0.15, 0.2) is 0 Å². The number of hydrogen-bond donors (Lipinski definition) is 9. The molecule has 0 spiro atoms. The zero-order chi connectivity index (χ0) is 23.7. The molecule has 0 radical (unpaired) electrons. The zero-order valence-corrected chi connectivity index (χ0v) is 17.3. The van der Waals surface area contributed by atoms with Crippen LogP contribution in [0.3, 0.4) is 0 Å². The predicted molar refractivity (Wildman–Crippen MR) is 98.7 cm³/mol. The summed E-state index contributed by atoms with van der Waals surface area (Å²) in [5.74, 6) is 0. The lowest BCUT2D eigenvalue weighted by atomic mass is 9.96. The van der Waals surface area contributed by atoms with Gasteiger partial charge in [0.05, 0.1) is 25.9 Å². The summed E-state index contributed by atoms with van der Waals surface area (Å²) in [6.45, 7) is -0.165. The zero-order valence-electron chi connectivity index (χ0n) is 17.3. The van der Waals surface area contributed by atoms with Gasteiger partial charge in [-0.25, -0.2) is 0 Å². The van der Waals surface area contributed by atoms with Crippen LogP contribution in [-0.2, 0) is 23.7 Å². The van der Waals surface area contributed by atoms with E-state index in [0.29, 0.717) is 0 Å². The van der Waals surface area contributed by atoms with Gasteiger partial charge in [0.15, 0.2) is 12.6 Å². The molecule has 3 heterocycles. The average Bonchev–Trinajstić information content (AvgIpc) is 2.78. The minimum Gasteiger partial charge on any atom is -0.394 e. The molecular formula is C18H32O14. The summed E-state index contributed by atoms with van der Waals surface area (Å²) in [6.07, 6.45) is -20.2. The monoisotopic (exact) mass is 472 g/mol. The Labute approximate surface area is 183 Å². The Kier molecular flexibility index (Phi) is 8.79. The molecule has 9 N–H and O–H groups in total. The molecule has 3 aliphatic heterocycles. The molecule has 14 heteroatoms. The minimum absolute atomic E-state index is 0.298. The van der Waals surface area contributed by atoms with Gasteiger partial charge in [-0.05, 0) is 6.92 Å². The van der Waals surface area contributed by atoms with Gasteiger partial charge >= 0.3 is 0 Å². The van der Waals surface area contributed by atoms with E-state index in [1.807, 2.05) is 0 Å². The van der Waals surface area contributed by atoms with Crippen LogP contribution in [0, 0.1) is 0 Å². The number of hydrogen-bond acceptors (Lipinski definition) is 14. The van der Waals surface area contributed by atoms with Crippen molar-refractivity contribution in [3.63, 3.8) is 0 Å². The number of aliphatic hydroxyl groups is 9. The third-order valence-electron chi connectivity index (χ3n) is 5.97. The smallest absolute Gasteiger partial charge is 0.187 e. The predicted octanol–water partition coefficient (Wildman–Crippen LogP) is -5.86. The highest BCUT2D eigenvalue weighted by Crippen LogP contribution is 2.31. The molecule has 0 aromatic heterocycles. The summed E-state index contributed by atoms with van der Waals surface area (Å²) in [7, 11) is 0. The molecule has 3 aliphatic rings. The van der Waals surface area contributed by atoms with Crippen molar-refractivity contribution in [1.82, 2.24) is 0 Å². The molecule has 6 unspecified atom stereocenters. The van der Waals surface area contributed by atoms with Crippen molar-refractivity contribution in [1.29, 1.82) is 0 Å². The third kappa shape index (κ3) is 5.08. The first kappa shape index (κ1) is 26.1. The summed E-state index contributed by atoms with van der Waals surface area (Å²) in [4.78, 5) is 0. The highest BCUT2D eigenvalue weighted by Gasteiger charge is 2.51. The summed E-state index contributed by atoms with van der Waals surface area (Å²) in [6, 6.07) is 0. The van der Waals surface area contributed by atoms with Gasteiger partial charge in [-0.2, -0.15) is 0 Å². The Hall–Kier alpha value is -0.560. The first-order valence-electron chi connectivity index (χ1n) is 10.3. The van der Waals surface area contributed by atoms with Gasteiger partial charge in [-0.15, -0.1) is 0 Å². The molecular weight excluding hydrogens is 440 g/mol. The molecule has 3 fully saturated rings. The van der Waals surface area contributed by atoms with Crippen molar-refractivity contribution in [3.05, 3.63) is 0 Å². The largest absolute Gasteiger partial charge is 0.394 e. The second kappa shape index (κ2) is 10.8. The first-order chi connectivity index (χ1) is 15.1. The highest BCUT2D eigenvalue weighted by atomic mass is 16.7. The SMILES string of the molecule is CC1O[C@@H](O[C@@H]2C(O)COC(CO)[C@H]2O[C@@H]2OC(CO)[C@H](O)C(O)[C@@H]2O)[C@@H](O)C(O)[C@@H]1O. The van der Waals surface area contributed by atoms with E-state index < -0.39 is 99.0 Å². The lowest BCUT2D eigenvalue weighted by molar-refractivity contribution is -0.363. The topological polar surface area (TPSA) is 228 Å². The molecule has 0 bridgehead atoms. The van der Waals surface area contributed by atoms with Crippen LogP contribution in [-0.4, -0.2) is 152 Å². The summed E-state index contributed by atoms with van der Waals surface area (Å²) in [5.41, 5.74) is 0. The van der Waals surface area contributed by atoms with Crippen molar-refractivity contribution in [2.45, 2.75) is 92.8 Å². The van der Waals surface area contributed by atoms with Crippen molar-refractivity contribution in [3.8, 4) is 0 Å². The molecule has 3 saturated heterocycles. The van der Waals surface area contributed by atoms with E-state index in [1.165, 1.54) is 6.92 Å². The quantitative estimate of drug-likeness (QED) is 0.175. The molecule has 0 amide bonds. The second-order valence-electron chi connectivity index (χ2n) is 8.20. The Morgan fingerprint density at radius 1 is 0.656 bits per heavy atom. The maximum atomic E-state index is 10.4. The van der Waals surface area contributed by atoms with E-state index in [-0.39, 0.29) is 6.61 Å². The highest BCUT2D eigenvalue weighted by molar-refractivity contribution is 4.95. The number of ether oxygens (including phenoxy) is 5. The molecule has 0 aromatic carbocycles. The lowest BCUT2D eigenvalue weighted by Gasteiger charge is -2.47. The van der Waals surface area contributed by atoms with E-state index in [2.05, 4.69) is 0 Å². The number of rotatable bonds is 6. The standard InChI is InChI=1S/C18H32O14/c1-5-9(22)11(24)13(26)17(29-5)31-15-6(21)4-28-8(3-20)16(15)32-18-14(27)12(25)10(23)7(2-19)30-18/h5-27H,2-4H2,1H3/t5?,6?,7?,8?,9-,10+,11?,12?,13+,14+,15-,16-,17+,18+/m1/s1. The van der Waals surface area contributed by atoms with E-state index in [4.69, 9.17) is 23.7 Å². The van der Waals surface area contributed by atoms with Crippen molar-refractivity contribution >= 4 is 0 Å². The molecule has 32 heavy (non-hydrogen) atoms. The number of aliphatic hydroxyl groups excluding tert-OH is 9. The van der Waals surface area contributed by atoms with E-state index in [0.717, 1.165) is 0 Å². The second-order valence-corrected chi connectivity index (χ2v) is 8.20. The van der Waals surface area contributed by atoms with Gasteiger partial charge in [0, 0.05) is 0 Å². The summed E-state index contributed by atoms with van der Waals surface area (Å²) in [5, 5.41) is 89.7. The van der Waals surface area contributed by atoms with Gasteiger partial charge in [-0.1, -0.05) is 0 Å². The molecule has 14 atom stereocenters. The van der Waals surface area contributed by atoms with Crippen LogP contribution >= 0.6 is 0 Å². The van der Waals surface area contributed by atoms with Crippen LogP contribution < -0.4 is 0 Å². The summed E-state index contributed by atoms with van der Waals surface area (Å²) >= 11 is 0. The molecule has 14 nitrogen and oxygen atoms in total. The fourth-order valence-electron chi connectivity index (χ4n) is 3.95. The van der Waals surface area contributed by atoms with E-state index in [9.17, 15) is 46.0 Å². The first-order valence-corrected chi connectivity index (χ1v) is 10.3. The van der Waals surface area contributed by atoms with Crippen LogP contribution in [0.25, 0.3) is 0 Å². The Morgan fingerprint density at radius 2 is 1.19 bits per heavy atom. The third-order valence-corrected chi connectivity index (χ3v) is 5.97. The van der Waals surface area contributed by atoms with Crippen molar-refractivity contribution < 1.29 is 69.6 Å². The van der Waals surface area contributed by atoms with Crippen LogP contribution in [0.5, 0.6) is 0 Å². The molecule has 0 saturated carbocycles. The maximum Gasteiger partial charge on any atom is 0.187 e. The van der Waals surface area contributed by atoms with Crippen molar-refractivity contribution in [2.24, 2.45) is 0 Å². The Balaban J connectivity index is 1.79.